The number of ether oxygens (including phenoxy) is 2. The van der Waals surface area contributed by atoms with Gasteiger partial charge in [0.05, 0.1) is 18.8 Å². The zero-order valence-corrected chi connectivity index (χ0v) is 15.6. The maximum Gasteiger partial charge on any atom is 0.260 e. The topological polar surface area (TPSA) is 77.7 Å². The molecular weight excluding hydrogens is 358 g/mol. The maximum atomic E-state index is 12.2. The molecule has 0 bridgehead atoms. The van der Waals surface area contributed by atoms with E-state index in [1.54, 1.807) is 17.3 Å². The largest absolute Gasteiger partial charge is 0.484 e. The third-order valence-electron chi connectivity index (χ3n) is 4.56. The van der Waals surface area contributed by atoms with Crippen LogP contribution in [0.4, 0.5) is 0 Å². The number of pyridine rings is 1. The summed E-state index contributed by atoms with van der Waals surface area (Å²) in [7, 11) is 0. The van der Waals surface area contributed by atoms with E-state index in [-0.39, 0.29) is 12.5 Å². The minimum Gasteiger partial charge on any atom is -0.484 e. The normalized spacial score (nSPS) is 14.1. The second-order valence-electron chi connectivity index (χ2n) is 6.47. The van der Waals surface area contributed by atoms with E-state index in [1.165, 1.54) is 0 Å². The molecule has 3 aromatic rings. The van der Waals surface area contributed by atoms with Gasteiger partial charge in [-0.25, -0.2) is 4.98 Å². The third kappa shape index (κ3) is 4.04. The van der Waals surface area contributed by atoms with Crippen LogP contribution in [0.3, 0.4) is 0 Å². The predicted molar refractivity (Wildman–Crippen MR) is 103 cm³/mol. The van der Waals surface area contributed by atoms with Gasteiger partial charge < -0.3 is 18.8 Å². The maximum absolute atomic E-state index is 12.2. The molecule has 2 aromatic heterocycles. The quantitative estimate of drug-likeness (QED) is 0.678. The minimum absolute atomic E-state index is 0.0213. The van der Waals surface area contributed by atoms with Crippen molar-refractivity contribution in [3.05, 3.63) is 54.6 Å². The highest BCUT2D eigenvalue weighted by Crippen LogP contribution is 2.29. The van der Waals surface area contributed by atoms with E-state index in [0.29, 0.717) is 37.9 Å². The predicted octanol–water partition coefficient (Wildman–Crippen LogP) is 2.95. The molecule has 0 unspecified atom stereocenters. The Morgan fingerprint density at radius 1 is 1.14 bits per heavy atom. The number of aryl methyl sites for hydroxylation is 1. The highest BCUT2D eigenvalue weighted by Gasteiger charge is 2.17. The van der Waals surface area contributed by atoms with Gasteiger partial charge in [-0.05, 0) is 43.3 Å². The summed E-state index contributed by atoms with van der Waals surface area (Å²) in [6.07, 6.45) is 3.43. The molecule has 144 valence electrons. The zero-order chi connectivity index (χ0) is 19.3. The molecule has 28 heavy (non-hydrogen) atoms. The summed E-state index contributed by atoms with van der Waals surface area (Å²) in [6.45, 7) is 4.30. The lowest BCUT2D eigenvalue weighted by Gasteiger charge is -2.26. The second-order valence-corrected chi connectivity index (χ2v) is 6.47. The molecule has 3 heterocycles. The lowest BCUT2D eigenvalue weighted by Crippen LogP contribution is -2.42. The molecule has 0 atom stereocenters. The van der Waals surface area contributed by atoms with E-state index in [2.05, 4.69) is 9.97 Å². The van der Waals surface area contributed by atoms with E-state index < -0.39 is 0 Å². The molecule has 1 amide bonds. The van der Waals surface area contributed by atoms with Crippen LogP contribution in [0.25, 0.3) is 22.7 Å². The molecule has 1 saturated heterocycles. The van der Waals surface area contributed by atoms with Crippen LogP contribution in [0.5, 0.6) is 5.75 Å². The highest BCUT2D eigenvalue weighted by molar-refractivity contribution is 5.78. The van der Waals surface area contributed by atoms with Gasteiger partial charge in [-0.15, -0.1) is 0 Å². The average Bonchev–Trinajstić information content (AvgIpc) is 3.15. The minimum atomic E-state index is -0.0270. The van der Waals surface area contributed by atoms with Crippen LogP contribution in [0.2, 0.25) is 0 Å². The van der Waals surface area contributed by atoms with E-state index in [0.717, 1.165) is 22.6 Å². The number of benzene rings is 1. The zero-order valence-electron chi connectivity index (χ0n) is 15.6. The molecule has 0 aliphatic carbocycles. The molecule has 4 rings (SSSR count). The number of aromatic nitrogens is 2. The van der Waals surface area contributed by atoms with Crippen molar-refractivity contribution in [3.8, 4) is 28.5 Å². The highest BCUT2D eigenvalue weighted by atomic mass is 16.5. The Morgan fingerprint density at radius 2 is 1.93 bits per heavy atom. The number of rotatable bonds is 5. The smallest absolute Gasteiger partial charge is 0.260 e. The first-order valence-corrected chi connectivity index (χ1v) is 9.17. The van der Waals surface area contributed by atoms with E-state index >= 15 is 0 Å². The van der Waals surface area contributed by atoms with Crippen molar-refractivity contribution >= 4 is 5.91 Å². The fraction of sp³-hybridized carbons (Fsp3) is 0.286. The van der Waals surface area contributed by atoms with Gasteiger partial charge in [0.25, 0.3) is 5.91 Å². The Morgan fingerprint density at radius 3 is 2.64 bits per heavy atom. The van der Waals surface area contributed by atoms with Gasteiger partial charge in [-0.2, -0.15) is 0 Å². The number of morpholine rings is 1. The van der Waals surface area contributed by atoms with Gasteiger partial charge >= 0.3 is 0 Å². The number of nitrogens with zero attached hydrogens (tertiary/aromatic N) is 3. The summed E-state index contributed by atoms with van der Waals surface area (Å²) in [5, 5.41) is 0. The lowest BCUT2D eigenvalue weighted by molar-refractivity contribution is -0.137. The molecule has 1 fully saturated rings. The molecule has 0 radical (unpaired) electrons. The Hall–Kier alpha value is -3.19. The van der Waals surface area contributed by atoms with Crippen LogP contribution < -0.4 is 4.74 Å². The van der Waals surface area contributed by atoms with Crippen LogP contribution in [0.15, 0.2) is 53.2 Å². The Balaban J connectivity index is 1.42. The molecule has 1 aromatic carbocycles. The number of carbonyl (C=O) groups excluding carboxylic acids is 1. The number of hydrogen-bond donors (Lipinski definition) is 0. The van der Waals surface area contributed by atoms with E-state index in [1.807, 2.05) is 43.3 Å². The van der Waals surface area contributed by atoms with Gasteiger partial charge in [0.2, 0.25) is 5.89 Å². The Kier molecular flexibility index (Phi) is 5.34. The third-order valence-corrected chi connectivity index (χ3v) is 4.56. The molecular formula is C21H21N3O4. The second kappa shape index (κ2) is 8.22. The molecule has 0 saturated carbocycles. The van der Waals surface area contributed by atoms with Crippen LogP contribution >= 0.6 is 0 Å². The summed E-state index contributed by atoms with van der Waals surface area (Å²) < 4.78 is 16.7. The standard InChI is InChI=1S/C21H21N3O4/c1-15-20(23-21(28-15)17-3-2-8-22-13-17)16-4-6-18(7-5-16)27-14-19(25)24-9-11-26-12-10-24/h2-8,13H,9-12,14H2,1H3. The molecule has 1 aliphatic rings. The first-order valence-electron chi connectivity index (χ1n) is 9.17. The van der Waals surface area contributed by atoms with Crippen molar-refractivity contribution in [1.82, 2.24) is 14.9 Å². The van der Waals surface area contributed by atoms with Crippen LogP contribution in [-0.2, 0) is 9.53 Å². The van der Waals surface area contributed by atoms with Crippen molar-refractivity contribution in [2.24, 2.45) is 0 Å². The Bertz CT molecular complexity index is 932. The monoisotopic (exact) mass is 379 g/mol. The van der Waals surface area contributed by atoms with Gasteiger partial charge in [0.15, 0.2) is 6.61 Å². The molecule has 1 aliphatic heterocycles. The fourth-order valence-corrected chi connectivity index (χ4v) is 3.04. The first kappa shape index (κ1) is 18.2. The van der Waals surface area contributed by atoms with Crippen LogP contribution in [-0.4, -0.2) is 53.7 Å². The SMILES string of the molecule is Cc1oc(-c2cccnc2)nc1-c1ccc(OCC(=O)N2CCOCC2)cc1. The molecule has 7 nitrogen and oxygen atoms in total. The van der Waals surface area contributed by atoms with Crippen molar-refractivity contribution < 1.29 is 18.7 Å². The van der Waals surface area contributed by atoms with Crippen LogP contribution in [0.1, 0.15) is 5.76 Å². The average molecular weight is 379 g/mol. The van der Waals surface area contributed by atoms with Crippen molar-refractivity contribution in [2.75, 3.05) is 32.9 Å². The van der Waals surface area contributed by atoms with Crippen LogP contribution in [0, 0.1) is 6.92 Å². The van der Waals surface area contributed by atoms with Gasteiger partial charge in [0.1, 0.15) is 17.2 Å². The molecule has 7 heteroatoms. The summed E-state index contributed by atoms with van der Waals surface area (Å²) in [6, 6.07) is 11.2. The first-order chi connectivity index (χ1) is 13.7. The summed E-state index contributed by atoms with van der Waals surface area (Å²) in [5.74, 6) is 1.88. The van der Waals surface area contributed by atoms with E-state index in [4.69, 9.17) is 13.9 Å². The van der Waals surface area contributed by atoms with Crippen molar-refractivity contribution in [1.29, 1.82) is 0 Å². The summed E-state index contributed by atoms with van der Waals surface area (Å²) in [4.78, 5) is 22.6. The number of hydrogen-bond acceptors (Lipinski definition) is 6. The van der Waals surface area contributed by atoms with Gasteiger partial charge in [-0.3, -0.25) is 9.78 Å². The van der Waals surface area contributed by atoms with E-state index in [9.17, 15) is 4.79 Å². The number of oxazole rings is 1. The summed E-state index contributed by atoms with van der Waals surface area (Å²) >= 11 is 0. The summed E-state index contributed by atoms with van der Waals surface area (Å²) in [5.41, 5.74) is 2.52. The fourth-order valence-electron chi connectivity index (χ4n) is 3.04. The molecule has 0 N–H and O–H groups in total. The number of amides is 1. The molecule has 0 spiro atoms. The van der Waals surface area contributed by atoms with Gasteiger partial charge in [0, 0.05) is 31.0 Å². The van der Waals surface area contributed by atoms with Gasteiger partial charge in [-0.1, -0.05) is 0 Å². The number of carbonyl (C=O) groups is 1. The lowest BCUT2D eigenvalue weighted by atomic mass is 10.1. The van der Waals surface area contributed by atoms with Crippen molar-refractivity contribution in [2.45, 2.75) is 6.92 Å². The van der Waals surface area contributed by atoms with Crippen molar-refractivity contribution in [3.63, 3.8) is 0 Å². The Labute approximate surface area is 162 Å².